The summed E-state index contributed by atoms with van der Waals surface area (Å²) in [6.07, 6.45) is 3.42. The lowest BCUT2D eigenvalue weighted by atomic mass is 9.95. The Bertz CT molecular complexity index is 529. The van der Waals surface area contributed by atoms with Crippen LogP contribution in [0.1, 0.15) is 31.7 Å². The first-order valence-electron chi connectivity index (χ1n) is 7.74. The maximum Gasteiger partial charge on any atom is 0.220 e. The van der Waals surface area contributed by atoms with Crippen LogP contribution in [-0.2, 0) is 11.2 Å². The predicted molar refractivity (Wildman–Crippen MR) is 86.2 cm³/mol. The average Bonchev–Trinajstić information content (AvgIpc) is 3.37. The van der Waals surface area contributed by atoms with Gasteiger partial charge in [0.2, 0.25) is 5.91 Å². The monoisotopic (exact) mass is 306 g/mol. The molecule has 1 aromatic rings. The molecule has 1 aliphatic rings. The molecule has 5 heteroatoms. The molecular weight excluding hydrogens is 280 g/mol. The van der Waals surface area contributed by atoms with Crippen LogP contribution in [0.15, 0.2) is 18.2 Å². The predicted octanol–water partition coefficient (Wildman–Crippen LogP) is 1.88. The number of carbonyl (C=O) groups excluding carboxylic acids is 1. The lowest BCUT2D eigenvalue weighted by Crippen LogP contribution is -2.53. The van der Waals surface area contributed by atoms with Crippen LogP contribution in [0, 0.1) is 5.92 Å². The Kier molecular flexibility index (Phi) is 5.29. The van der Waals surface area contributed by atoms with E-state index in [1.807, 2.05) is 25.1 Å². The molecule has 0 heterocycles. The van der Waals surface area contributed by atoms with Crippen LogP contribution in [0.5, 0.6) is 11.5 Å². The van der Waals surface area contributed by atoms with Crippen molar-refractivity contribution in [3.63, 3.8) is 0 Å². The second-order valence-corrected chi connectivity index (χ2v) is 6.13. The molecule has 0 aliphatic heterocycles. The van der Waals surface area contributed by atoms with Crippen LogP contribution >= 0.6 is 0 Å². The van der Waals surface area contributed by atoms with Crippen LogP contribution in [0.25, 0.3) is 0 Å². The van der Waals surface area contributed by atoms with Crippen molar-refractivity contribution in [3.8, 4) is 11.5 Å². The van der Waals surface area contributed by atoms with E-state index in [-0.39, 0.29) is 11.4 Å². The fourth-order valence-electron chi connectivity index (χ4n) is 2.72. The van der Waals surface area contributed by atoms with E-state index in [0.29, 0.717) is 36.8 Å². The van der Waals surface area contributed by atoms with Crippen molar-refractivity contribution in [3.05, 3.63) is 23.8 Å². The van der Waals surface area contributed by atoms with Gasteiger partial charge in [-0.3, -0.25) is 4.79 Å². The SMILES string of the molecule is COc1ccc(CCC(=O)NC(C)(CN)C2CC2)cc1OC. The summed E-state index contributed by atoms with van der Waals surface area (Å²) >= 11 is 0. The van der Waals surface area contributed by atoms with Gasteiger partial charge in [-0.2, -0.15) is 0 Å². The molecule has 3 N–H and O–H groups in total. The Balaban J connectivity index is 1.90. The van der Waals surface area contributed by atoms with Gasteiger partial charge in [-0.05, 0) is 49.8 Å². The molecule has 1 fully saturated rings. The molecule has 122 valence electrons. The Morgan fingerprint density at radius 2 is 2.00 bits per heavy atom. The van der Waals surface area contributed by atoms with E-state index in [2.05, 4.69) is 5.32 Å². The summed E-state index contributed by atoms with van der Waals surface area (Å²) in [7, 11) is 3.22. The zero-order chi connectivity index (χ0) is 16.2. The van der Waals surface area contributed by atoms with Gasteiger partial charge in [0.1, 0.15) is 0 Å². The summed E-state index contributed by atoms with van der Waals surface area (Å²) in [5, 5.41) is 3.11. The van der Waals surface area contributed by atoms with E-state index in [1.54, 1.807) is 14.2 Å². The van der Waals surface area contributed by atoms with E-state index in [9.17, 15) is 4.79 Å². The molecule has 0 aromatic heterocycles. The molecule has 1 aromatic carbocycles. The van der Waals surface area contributed by atoms with Crippen LogP contribution < -0.4 is 20.5 Å². The Morgan fingerprint density at radius 1 is 1.32 bits per heavy atom. The number of hydrogen-bond acceptors (Lipinski definition) is 4. The van der Waals surface area contributed by atoms with Crippen molar-refractivity contribution in [2.45, 2.75) is 38.1 Å². The second-order valence-electron chi connectivity index (χ2n) is 6.13. The topological polar surface area (TPSA) is 73.6 Å². The van der Waals surface area contributed by atoms with E-state index < -0.39 is 0 Å². The Labute approximate surface area is 132 Å². The average molecular weight is 306 g/mol. The Hall–Kier alpha value is -1.75. The summed E-state index contributed by atoms with van der Waals surface area (Å²) in [6, 6.07) is 5.73. The van der Waals surface area contributed by atoms with Gasteiger partial charge in [0.05, 0.1) is 19.8 Å². The molecule has 0 saturated heterocycles. The molecule has 1 unspecified atom stereocenters. The molecule has 1 aliphatic carbocycles. The van der Waals surface area contributed by atoms with E-state index in [1.165, 1.54) is 0 Å². The number of benzene rings is 1. The summed E-state index contributed by atoms with van der Waals surface area (Å²) in [4.78, 5) is 12.2. The highest BCUT2D eigenvalue weighted by molar-refractivity contribution is 5.77. The van der Waals surface area contributed by atoms with Crippen molar-refractivity contribution >= 4 is 5.91 Å². The first-order valence-corrected chi connectivity index (χ1v) is 7.74. The van der Waals surface area contributed by atoms with Gasteiger partial charge >= 0.3 is 0 Å². The summed E-state index contributed by atoms with van der Waals surface area (Å²) in [5.41, 5.74) is 6.62. The molecule has 0 radical (unpaired) electrons. The van der Waals surface area contributed by atoms with Crippen LogP contribution in [0.4, 0.5) is 0 Å². The summed E-state index contributed by atoms with van der Waals surface area (Å²) in [6.45, 7) is 2.53. The van der Waals surface area contributed by atoms with E-state index in [0.717, 1.165) is 18.4 Å². The molecule has 5 nitrogen and oxygen atoms in total. The smallest absolute Gasteiger partial charge is 0.220 e. The maximum absolute atomic E-state index is 12.2. The number of ether oxygens (including phenoxy) is 2. The van der Waals surface area contributed by atoms with Gasteiger partial charge in [-0.15, -0.1) is 0 Å². The minimum absolute atomic E-state index is 0.0506. The quantitative estimate of drug-likeness (QED) is 0.769. The molecule has 0 bridgehead atoms. The normalized spacial score (nSPS) is 16.7. The van der Waals surface area contributed by atoms with Crippen molar-refractivity contribution in [2.24, 2.45) is 11.7 Å². The summed E-state index contributed by atoms with van der Waals surface area (Å²) in [5.74, 6) is 1.96. The van der Waals surface area contributed by atoms with E-state index in [4.69, 9.17) is 15.2 Å². The van der Waals surface area contributed by atoms with Gasteiger partial charge in [-0.25, -0.2) is 0 Å². The zero-order valence-electron chi connectivity index (χ0n) is 13.6. The van der Waals surface area contributed by atoms with Crippen molar-refractivity contribution in [1.29, 1.82) is 0 Å². The van der Waals surface area contributed by atoms with Crippen LogP contribution in [-0.4, -0.2) is 32.2 Å². The molecule has 0 spiro atoms. The maximum atomic E-state index is 12.2. The van der Waals surface area contributed by atoms with Crippen LogP contribution in [0.2, 0.25) is 0 Å². The highest BCUT2D eigenvalue weighted by Crippen LogP contribution is 2.39. The number of methoxy groups -OCH3 is 2. The van der Waals surface area contributed by atoms with Gasteiger partial charge in [0.15, 0.2) is 11.5 Å². The molecule has 1 saturated carbocycles. The van der Waals surface area contributed by atoms with Crippen molar-refractivity contribution < 1.29 is 14.3 Å². The first kappa shape index (κ1) is 16.6. The number of amides is 1. The zero-order valence-corrected chi connectivity index (χ0v) is 13.6. The number of rotatable bonds is 8. The van der Waals surface area contributed by atoms with Gasteiger partial charge in [-0.1, -0.05) is 6.07 Å². The molecule has 1 amide bonds. The third-order valence-corrected chi connectivity index (χ3v) is 4.42. The Morgan fingerprint density at radius 3 is 2.55 bits per heavy atom. The standard InChI is InChI=1S/C17H26N2O3/c1-17(11-18,13-6-7-13)19-16(20)9-5-12-4-8-14(21-2)15(10-12)22-3/h4,8,10,13H,5-7,9,11,18H2,1-3H3,(H,19,20). The summed E-state index contributed by atoms with van der Waals surface area (Å²) < 4.78 is 10.5. The lowest BCUT2D eigenvalue weighted by molar-refractivity contribution is -0.123. The fourth-order valence-corrected chi connectivity index (χ4v) is 2.72. The van der Waals surface area contributed by atoms with Crippen molar-refractivity contribution in [2.75, 3.05) is 20.8 Å². The second kappa shape index (κ2) is 7.01. The van der Waals surface area contributed by atoms with Crippen molar-refractivity contribution in [1.82, 2.24) is 5.32 Å². The number of nitrogens with one attached hydrogen (secondary N) is 1. The van der Waals surface area contributed by atoms with Gasteiger partial charge < -0.3 is 20.5 Å². The number of hydrogen-bond donors (Lipinski definition) is 2. The third kappa shape index (κ3) is 3.91. The minimum Gasteiger partial charge on any atom is -0.493 e. The lowest BCUT2D eigenvalue weighted by Gasteiger charge is -2.29. The van der Waals surface area contributed by atoms with Gasteiger partial charge in [0.25, 0.3) is 0 Å². The fraction of sp³-hybridized carbons (Fsp3) is 0.588. The number of nitrogens with two attached hydrogens (primary N) is 1. The first-order chi connectivity index (χ1) is 10.5. The van der Waals surface area contributed by atoms with Gasteiger partial charge in [0, 0.05) is 13.0 Å². The number of aryl methyl sites for hydroxylation is 1. The highest BCUT2D eigenvalue weighted by Gasteiger charge is 2.41. The highest BCUT2D eigenvalue weighted by atomic mass is 16.5. The third-order valence-electron chi connectivity index (χ3n) is 4.42. The molecule has 22 heavy (non-hydrogen) atoms. The number of carbonyl (C=O) groups is 1. The minimum atomic E-state index is -0.255. The molecule has 1 atom stereocenters. The molecule has 2 rings (SSSR count). The largest absolute Gasteiger partial charge is 0.493 e. The van der Waals surface area contributed by atoms with Crippen LogP contribution in [0.3, 0.4) is 0 Å². The molecular formula is C17H26N2O3. The van der Waals surface area contributed by atoms with E-state index >= 15 is 0 Å².